The van der Waals surface area contributed by atoms with Crippen molar-refractivity contribution >= 4 is 11.6 Å². The number of hydrogen-bond acceptors (Lipinski definition) is 3. The van der Waals surface area contributed by atoms with Gasteiger partial charge in [-0.05, 0) is 37.5 Å². The molecule has 0 aliphatic rings. The molecule has 112 valence electrons. The first kappa shape index (κ1) is 16.5. The molecule has 0 heterocycles. The number of amides is 1. The fourth-order valence-corrected chi connectivity index (χ4v) is 2.13. The molecule has 1 rings (SSSR count). The summed E-state index contributed by atoms with van der Waals surface area (Å²) in [5.74, 6) is -0.0143. The van der Waals surface area contributed by atoms with Gasteiger partial charge in [0.2, 0.25) is 0 Å². The maximum Gasteiger partial charge on any atom is 0.256 e. The van der Waals surface area contributed by atoms with Crippen LogP contribution in [0.25, 0.3) is 0 Å². The number of hydrogen-bond donors (Lipinski definition) is 2. The summed E-state index contributed by atoms with van der Waals surface area (Å²) in [6.45, 7) is 8.03. The van der Waals surface area contributed by atoms with Gasteiger partial charge in [-0.1, -0.05) is 19.9 Å². The number of rotatable bonds is 8. The Bertz CT molecular complexity index is 426. The minimum absolute atomic E-state index is 0.00464. The largest absolute Gasteiger partial charge is 0.395 e. The Morgan fingerprint density at radius 1 is 1.25 bits per heavy atom. The molecule has 1 amide bonds. The van der Waals surface area contributed by atoms with Crippen LogP contribution in [0.2, 0.25) is 0 Å². The first-order chi connectivity index (χ1) is 9.63. The van der Waals surface area contributed by atoms with Crippen LogP contribution in [0.15, 0.2) is 18.2 Å². The molecular formula is C16H26N2O2. The van der Waals surface area contributed by atoms with E-state index in [2.05, 4.69) is 12.2 Å². The third-order valence-electron chi connectivity index (χ3n) is 3.12. The van der Waals surface area contributed by atoms with E-state index in [1.165, 1.54) is 0 Å². The minimum Gasteiger partial charge on any atom is -0.395 e. The summed E-state index contributed by atoms with van der Waals surface area (Å²) in [5.41, 5.74) is 2.70. The summed E-state index contributed by atoms with van der Waals surface area (Å²) >= 11 is 0. The van der Waals surface area contributed by atoms with Crippen molar-refractivity contribution in [3.05, 3.63) is 29.3 Å². The van der Waals surface area contributed by atoms with E-state index in [0.717, 1.165) is 30.6 Å². The highest BCUT2D eigenvalue weighted by molar-refractivity contribution is 5.99. The zero-order chi connectivity index (χ0) is 15.0. The van der Waals surface area contributed by atoms with Crippen molar-refractivity contribution in [3.63, 3.8) is 0 Å². The fraction of sp³-hybridized carbons (Fsp3) is 0.562. The van der Waals surface area contributed by atoms with Crippen molar-refractivity contribution < 1.29 is 9.90 Å². The maximum atomic E-state index is 12.6. The van der Waals surface area contributed by atoms with E-state index in [4.69, 9.17) is 5.11 Å². The van der Waals surface area contributed by atoms with Crippen LogP contribution < -0.4 is 5.32 Å². The zero-order valence-corrected chi connectivity index (χ0v) is 12.8. The van der Waals surface area contributed by atoms with Crippen molar-refractivity contribution in [2.75, 3.05) is 31.6 Å². The van der Waals surface area contributed by atoms with Gasteiger partial charge < -0.3 is 15.3 Å². The molecule has 0 radical (unpaired) electrons. The van der Waals surface area contributed by atoms with Crippen molar-refractivity contribution in [2.45, 2.75) is 33.6 Å². The predicted octanol–water partition coefficient (Wildman–Crippen LogP) is 2.66. The molecule has 20 heavy (non-hydrogen) atoms. The lowest BCUT2D eigenvalue weighted by molar-refractivity contribution is 0.0723. The highest BCUT2D eigenvalue weighted by Crippen LogP contribution is 2.20. The average Bonchev–Trinajstić information content (AvgIpc) is 2.44. The van der Waals surface area contributed by atoms with Gasteiger partial charge in [-0.2, -0.15) is 0 Å². The SMILES string of the molecule is CCCNc1cc(C)ccc1C(=O)N(CCC)CCO. The van der Waals surface area contributed by atoms with E-state index in [-0.39, 0.29) is 12.5 Å². The predicted molar refractivity (Wildman–Crippen MR) is 83.2 cm³/mol. The number of carbonyl (C=O) groups is 1. The molecule has 4 heteroatoms. The highest BCUT2D eigenvalue weighted by atomic mass is 16.3. The number of nitrogens with zero attached hydrogens (tertiary/aromatic N) is 1. The van der Waals surface area contributed by atoms with Crippen LogP contribution in [0.5, 0.6) is 0 Å². The summed E-state index contributed by atoms with van der Waals surface area (Å²) in [6.07, 6.45) is 1.90. The standard InChI is InChI=1S/C16H26N2O2/c1-4-8-17-15-12-13(3)6-7-14(15)16(20)18(9-5-2)10-11-19/h6-7,12,17,19H,4-5,8-11H2,1-3H3. The molecule has 0 aromatic heterocycles. The molecule has 2 N–H and O–H groups in total. The van der Waals surface area contributed by atoms with Crippen LogP contribution in [0.4, 0.5) is 5.69 Å². The first-order valence-corrected chi connectivity index (χ1v) is 7.38. The molecule has 0 atom stereocenters. The Morgan fingerprint density at radius 2 is 2.00 bits per heavy atom. The van der Waals surface area contributed by atoms with Crippen molar-refractivity contribution in [2.24, 2.45) is 0 Å². The number of aliphatic hydroxyl groups is 1. The molecule has 1 aromatic carbocycles. The van der Waals surface area contributed by atoms with E-state index < -0.39 is 0 Å². The normalized spacial score (nSPS) is 10.4. The Kier molecular flexibility index (Phi) is 7.09. The minimum atomic E-state index is -0.0143. The van der Waals surface area contributed by atoms with Gasteiger partial charge in [-0.15, -0.1) is 0 Å². The number of nitrogens with one attached hydrogen (secondary N) is 1. The van der Waals surface area contributed by atoms with Crippen molar-refractivity contribution in [1.29, 1.82) is 0 Å². The van der Waals surface area contributed by atoms with Gasteiger partial charge in [-0.3, -0.25) is 4.79 Å². The molecular weight excluding hydrogens is 252 g/mol. The molecule has 0 saturated heterocycles. The Balaban J connectivity index is 2.99. The third-order valence-corrected chi connectivity index (χ3v) is 3.12. The summed E-state index contributed by atoms with van der Waals surface area (Å²) < 4.78 is 0. The van der Waals surface area contributed by atoms with Crippen molar-refractivity contribution in [3.8, 4) is 0 Å². The van der Waals surface area contributed by atoms with Crippen LogP contribution in [0.1, 0.15) is 42.6 Å². The highest BCUT2D eigenvalue weighted by Gasteiger charge is 2.17. The topological polar surface area (TPSA) is 52.6 Å². The zero-order valence-electron chi connectivity index (χ0n) is 12.8. The molecule has 0 fully saturated rings. The first-order valence-electron chi connectivity index (χ1n) is 7.38. The molecule has 0 aliphatic carbocycles. The van der Waals surface area contributed by atoms with E-state index in [0.29, 0.717) is 18.7 Å². The lowest BCUT2D eigenvalue weighted by Crippen LogP contribution is -2.34. The smallest absolute Gasteiger partial charge is 0.256 e. The Morgan fingerprint density at radius 3 is 2.60 bits per heavy atom. The number of aryl methyl sites for hydroxylation is 1. The van der Waals surface area contributed by atoms with E-state index in [9.17, 15) is 4.79 Å². The van der Waals surface area contributed by atoms with Crippen LogP contribution >= 0.6 is 0 Å². The van der Waals surface area contributed by atoms with Crippen LogP contribution in [0.3, 0.4) is 0 Å². The Labute approximate surface area is 121 Å². The van der Waals surface area contributed by atoms with E-state index in [1.807, 2.05) is 32.0 Å². The molecule has 0 aliphatic heterocycles. The van der Waals surface area contributed by atoms with Crippen LogP contribution in [-0.2, 0) is 0 Å². The molecule has 0 bridgehead atoms. The van der Waals surface area contributed by atoms with Gasteiger partial charge in [-0.25, -0.2) is 0 Å². The van der Waals surface area contributed by atoms with Crippen LogP contribution in [0, 0.1) is 6.92 Å². The maximum absolute atomic E-state index is 12.6. The van der Waals surface area contributed by atoms with Gasteiger partial charge in [0.1, 0.15) is 0 Å². The monoisotopic (exact) mass is 278 g/mol. The van der Waals surface area contributed by atoms with Gasteiger partial charge >= 0.3 is 0 Å². The van der Waals surface area contributed by atoms with Gasteiger partial charge in [0.05, 0.1) is 12.2 Å². The van der Waals surface area contributed by atoms with E-state index in [1.54, 1.807) is 4.90 Å². The van der Waals surface area contributed by atoms with Gasteiger partial charge in [0, 0.05) is 25.3 Å². The number of anilines is 1. The summed E-state index contributed by atoms with van der Waals surface area (Å²) in [6, 6.07) is 5.83. The lowest BCUT2D eigenvalue weighted by Gasteiger charge is -2.23. The molecule has 4 nitrogen and oxygen atoms in total. The molecule has 0 spiro atoms. The van der Waals surface area contributed by atoms with Crippen LogP contribution in [-0.4, -0.2) is 42.2 Å². The molecule has 0 unspecified atom stereocenters. The van der Waals surface area contributed by atoms with Gasteiger partial charge in [0.25, 0.3) is 5.91 Å². The number of benzene rings is 1. The second kappa shape index (κ2) is 8.59. The second-order valence-corrected chi connectivity index (χ2v) is 4.99. The summed E-state index contributed by atoms with van der Waals surface area (Å²) in [4.78, 5) is 14.3. The van der Waals surface area contributed by atoms with E-state index >= 15 is 0 Å². The third kappa shape index (κ3) is 4.53. The number of carbonyl (C=O) groups excluding carboxylic acids is 1. The number of aliphatic hydroxyl groups excluding tert-OH is 1. The van der Waals surface area contributed by atoms with Gasteiger partial charge in [0.15, 0.2) is 0 Å². The summed E-state index contributed by atoms with van der Waals surface area (Å²) in [7, 11) is 0. The molecule has 0 saturated carbocycles. The quantitative estimate of drug-likeness (QED) is 0.768. The average molecular weight is 278 g/mol. The van der Waals surface area contributed by atoms with Crippen molar-refractivity contribution in [1.82, 2.24) is 4.90 Å². The Hall–Kier alpha value is -1.55. The molecule has 1 aromatic rings. The second-order valence-electron chi connectivity index (χ2n) is 4.99. The fourth-order valence-electron chi connectivity index (χ4n) is 2.13. The lowest BCUT2D eigenvalue weighted by atomic mass is 10.1. The summed E-state index contributed by atoms with van der Waals surface area (Å²) in [5, 5.41) is 12.4.